The van der Waals surface area contributed by atoms with Crippen LogP contribution in [0.1, 0.15) is 29.0 Å². The number of hydrogen-bond donors (Lipinski definition) is 1. The number of aromatic nitrogens is 2. The molecule has 0 radical (unpaired) electrons. The van der Waals surface area contributed by atoms with Gasteiger partial charge in [0.15, 0.2) is 12.4 Å². The average molecular weight is 248 g/mol. The molecule has 0 saturated heterocycles. The first-order valence-corrected chi connectivity index (χ1v) is 5.46. The van der Waals surface area contributed by atoms with E-state index in [1.165, 1.54) is 12.1 Å². The van der Waals surface area contributed by atoms with Crippen molar-refractivity contribution in [3.63, 3.8) is 0 Å². The summed E-state index contributed by atoms with van der Waals surface area (Å²) in [6.07, 6.45) is 0.692. The molecule has 0 spiro atoms. The summed E-state index contributed by atoms with van der Waals surface area (Å²) >= 11 is 0. The molecule has 1 aromatic carbocycles. The SMILES string of the molecule is CCc1noc(COc2cccc(C(=O)O)c2)n1. The van der Waals surface area contributed by atoms with Crippen molar-refractivity contribution in [2.24, 2.45) is 0 Å². The number of carboxylic acid groups (broad SMARTS) is 1. The Hall–Kier alpha value is -2.37. The van der Waals surface area contributed by atoms with E-state index in [0.29, 0.717) is 23.9 Å². The summed E-state index contributed by atoms with van der Waals surface area (Å²) in [6, 6.07) is 6.23. The van der Waals surface area contributed by atoms with Gasteiger partial charge in [-0.1, -0.05) is 18.1 Å². The third kappa shape index (κ3) is 2.85. The molecular weight excluding hydrogens is 236 g/mol. The second-order valence-electron chi connectivity index (χ2n) is 3.58. The summed E-state index contributed by atoms with van der Waals surface area (Å²) in [6.45, 7) is 2.04. The van der Waals surface area contributed by atoms with Gasteiger partial charge in [0.1, 0.15) is 5.75 Å². The highest BCUT2D eigenvalue weighted by molar-refractivity contribution is 5.87. The van der Waals surface area contributed by atoms with Crippen LogP contribution in [0.2, 0.25) is 0 Å². The van der Waals surface area contributed by atoms with Crippen LogP contribution in [0.5, 0.6) is 5.75 Å². The summed E-state index contributed by atoms with van der Waals surface area (Å²) in [5.41, 5.74) is 0.173. The summed E-state index contributed by atoms with van der Waals surface area (Å²) in [4.78, 5) is 14.9. The fourth-order valence-electron chi connectivity index (χ4n) is 1.36. The Morgan fingerprint density at radius 3 is 3.00 bits per heavy atom. The van der Waals surface area contributed by atoms with Gasteiger partial charge in [-0.15, -0.1) is 0 Å². The highest BCUT2D eigenvalue weighted by Crippen LogP contribution is 2.14. The zero-order valence-electron chi connectivity index (χ0n) is 9.79. The summed E-state index contributed by atoms with van der Waals surface area (Å²) in [5.74, 6) is 0.443. The van der Waals surface area contributed by atoms with Crippen molar-refractivity contribution in [3.05, 3.63) is 41.5 Å². The molecule has 0 unspecified atom stereocenters. The van der Waals surface area contributed by atoms with Gasteiger partial charge in [0.05, 0.1) is 5.56 Å². The van der Waals surface area contributed by atoms with E-state index in [1.807, 2.05) is 6.92 Å². The first-order chi connectivity index (χ1) is 8.69. The molecule has 6 heteroatoms. The van der Waals surface area contributed by atoms with Gasteiger partial charge in [-0.3, -0.25) is 0 Å². The normalized spacial score (nSPS) is 10.3. The van der Waals surface area contributed by atoms with Gasteiger partial charge >= 0.3 is 5.97 Å². The number of hydrogen-bond acceptors (Lipinski definition) is 5. The minimum absolute atomic E-state index is 0.121. The number of aryl methyl sites for hydroxylation is 1. The van der Waals surface area contributed by atoms with Crippen LogP contribution >= 0.6 is 0 Å². The van der Waals surface area contributed by atoms with Crippen molar-refractivity contribution in [3.8, 4) is 5.75 Å². The zero-order valence-corrected chi connectivity index (χ0v) is 9.79. The topological polar surface area (TPSA) is 85.5 Å². The first-order valence-electron chi connectivity index (χ1n) is 5.46. The van der Waals surface area contributed by atoms with Crippen molar-refractivity contribution < 1.29 is 19.2 Å². The Morgan fingerprint density at radius 1 is 1.50 bits per heavy atom. The van der Waals surface area contributed by atoms with Gasteiger partial charge < -0.3 is 14.4 Å². The Balaban J connectivity index is 2.01. The number of carbonyl (C=O) groups is 1. The molecule has 1 heterocycles. The van der Waals surface area contributed by atoms with E-state index >= 15 is 0 Å². The molecule has 0 saturated carbocycles. The minimum atomic E-state index is -0.994. The molecule has 1 aromatic heterocycles. The van der Waals surface area contributed by atoms with E-state index in [1.54, 1.807) is 12.1 Å². The molecule has 18 heavy (non-hydrogen) atoms. The second kappa shape index (κ2) is 5.31. The Bertz CT molecular complexity index is 551. The van der Waals surface area contributed by atoms with Crippen LogP contribution < -0.4 is 4.74 Å². The maximum absolute atomic E-state index is 10.8. The molecule has 0 amide bonds. The molecule has 2 rings (SSSR count). The van der Waals surface area contributed by atoms with Gasteiger partial charge in [0, 0.05) is 6.42 Å². The van der Waals surface area contributed by atoms with Gasteiger partial charge in [-0.05, 0) is 18.2 Å². The van der Waals surface area contributed by atoms with Crippen molar-refractivity contribution >= 4 is 5.97 Å². The smallest absolute Gasteiger partial charge is 0.335 e. The monoisotopic (exact) mass is 248 g/mol. The Morgan fingerprint density at radius 2 is 2.33 bits per heavy atom. The summed E-state index contributed by atoms with van der Waals surface area (Å²) < 4.78 is 10.3. The standard InChI is InChI=1S/C12H12N2O4/c1-2-10-13-11(18-14-10)7-17-9-5-3-4-8(6-9)12(15)16/h3-6H,2,7H2,1H3,(H,15,16). The van der Waals surface area contributed by atoms with E-state index in [9.17, 15) is 4.79 Å². The molecule has 6 nitrogen and oxygen atoms in total. The molecule has 1 N–H and O–H groups in total. The Kier molecular flexibility index (Phi) is 3.57. The van der Waals surface area contributed by atoms with Crippen LogP contribution in [0.25, 0.3) is 0 Å². The lowest BCUT2D eigenvalue weighted by Gasteiger charge is -2.03. The third-order valence-corrected chi connectivity index (χ3v) is 2.27. The molecule has 0 bridgehead atoms. The first kappa shape index (κ1) is 12.1. The van der Waals surface area contributed by atoms with E-state index in [0.717, 1.165) is 0 Å². The molecule has 0 fully saturated rings. The van der Waals surface area contributed by atoms with E-state index in [4.69, 9.17) is 14.4 Å². The van der Waals surface area contributed by atoms with E-state index in [-0.39, 0.29) is 12.2 Å². The number of rotatable bonds is 5. The predicted octanol–water partition coefficient (Wildman–Crippen LogP) is 1.91. The molecule has 0 aliphatic rings. The molecule has 94 valence electrons. The van der Waals surface area contributed by atoms with Crippen LogP contribution in [0.3, 0.4) is 0 Å². The van der Waals surface area contributed by atoms with Gasteiger partial charge in [-0.2, -0.15) is 4.98 Å². The number of carboxylic acids is 1. The lowest BCUT2D eigenvalue weighted by atomic mass is 10.2. The van der Waals surface area contributed by atoms with E-state index < -0.39 is 5.97 Å². The molecule has 0 aliphatic heterocycles. The Labute approximate surface area is 103 Å². The zero-order chi connectivity index (χ0) is 13.0. The van der Waals surface area contributed by atoms with Crippen molar-refractivity contribution in [1.29, 1.82) is 0 Å². The number of aromatic carboxylic acids is 1. The van der Waals surface area contributed by atoms with Gasteiger partial charge in [-0.25, -0.2) is 4.79 Å². The van der Waals surface area contributed by atoms with Crippen molar-refractivity contribution in [2.75, 3.05) is 0 Å². The fourth-order valence-corrected chi connectivity index (χ4v) is 1.36. The van der Waals surface area contributed by atoms with Gasteiger partial charge in [0.25, 0.3) is 5.89 Å². The predicted molar refractivity (Wildman–Crippen MR) is 61.4 cm³/mol. The lowest BCUT2D eigenvalue weighted by molar-refractivity contribution is 0.0696. The minimum Gasteiger partial charge on any atom is -0.484 e. The lowest BCUT2D eigenvalue weighted by Crippen LogP contribution is -1.99. The summed E-state index contributed by atoms with van der Waals surface area (Å²) in [5, 5.41) is 12.6. The number of nitrogens with zero attached hydrogens (tertiary/aromatic N) is 2. The molecule has 0 atom stereocenters. The summed E-state index contributed by atoms with van der Waals surface area (Å²) in [7, 11) is 0. The third-order valence-electron chi connectivity index (χ3n) is 2.27. The molecule has 0 aliphatic carbocycles. The largest absolute Gasteiger partial charge is 0.484 e. The van der Waals surface area contributed by atoms with Gasteiger partial charge in [0.2, 0.25) is 0 Å². The van der Waals surface area contributed by atoms with Crippen LogP contribution in [-0.2, 0) is 13.0 Å². The van der Waals surface area contributed by atoms with Crippen LogP contribution in [0, 0.1) is 0 Å². The molecule has 2 aromatic rings. The van der Waals surface area contributed by atoms with Crippen molar-refractivity contribution in [2.45, 2.75) is 20.0 Å². The van der Waals surface area contributed by atoms with Crippen molar-refractivity contribution in [1.82, 2.24) is 10.1 Å². The second-order valence-corrected chi connectivity index (χ2v) is 3.58. The average Bonchev–Trinajstić information content (AvgIpc) is 2.84. The highest BCUT2D eigenvalue weighted by atomic mass is 16.5. The highest BCUT2D eigenvalue weighted by Gasteiger charge is 2.07. The van der Waals surface area contributed by atoms with Crippen LogP contribution in [-0.4, -0.2) is 21.2 Å². The van der Waals surface area contributed by atoms with Crippen LogP contribution in [0.4, 0.5) is 0 Å². The number of ether oxygens (including phenoxy) is 1. The maximum Gasteiger partial charge on any atom is 0.335 e. The fraction of sp³-hybridized carbons (Fsp3) is 0.250. The van der Waals surface area contributed by atoms with Crippen LogP contribution in [0.15, 0.2) is 28.8 Å². The maximum atomic E-state index is 10.8. The quantitative estimate of drug-likeness (QED) is 0.869. The van der Waals surface area contributed by atoms with E-state index in [2.05, 4.69) is 10.1 Å². The number of benzene rings is 1. The molecular formula is C12H12N2O4.